The molecule has 0 bridgehead atoms. The van der Waals surface area contributed by atoms with Gasteiger partial charge in [0.2, 0.25) is 11.7 Å². The Bertz CT molecular complexity index is 601. The lowest BCUT2D eigenvalue weighted by Gasteiger charge is -2.07. The molecule has 1 saturated heterocycles. The molecule has 1 aliphatic heterocycles. The molecule has 0 aliphatic carbocycles. The Morgan fingerprint density at radius 3 is 3.00 bits per heavy atom. The number of benzene rings is 1. The van der Waals surface area contributed by atoms with Gasteiger partial charge in [-0.05, 0) is 30.7 Å². The fourth-order valence-electron chi connectivity index (χ4n) is 2.30. The van der Waals surface area contributed by atoms with E-state index >= 15 is 0 Å². The second kappa shape index (κ2) is 5.02. The van der Waals surface area contributed by atoms with Crippen molar-refractivity contribution >= 4 is 15.9 Å². The lowest BCUT2D eigenvalue weighted by atomic mass is 9.98. The summed E-state index contributed by atoms with van der Waals surface area (Å²) < 4.78 is 19.4. The third kappa shape index (κ3) is 2.42. The number of nitrogens with zero attached hydrogens (tertiary/aromatic N) is 2. The van der Waals surface area contributed by atoms with E-state index in [0.717, 1.165) is 17.6 Å². The van der Waals surface area contributed by atoms with E-state index in [0.29, 0.717) is 23.2 Å². The van der Waals surface area contributed by atoms with Crippen LogP contribution in [0.25, 0.3) is 11.4 Å². The molecule has 6 heteroatoms. The molecule has 100 valence electrons. The molecule has 0 spiro atoms. The van der Waals surface area contributed by atoms with E-state index in [1.54, 1.807) is 6.07 Å². The monoisotopic (exact) mass is 325 g/mol. The molecule has 0 saturated carbocycles. The van der Waals surface area contributed by atoms with Gasteiger partial charge in [-0.2, -0.15) is 4.98 Å². The molecule has 1 aromatic carbocycles. The highest BCUT2D eigenvalue weighted by atomic mass is 79.9. The molecule has 1 fully saturated rings. The van der Waals surface area contributed by atoms with Crippen molar-refractivity contribution in [3.8, 4) is 11.4 Å². The number of halogens is 2. The van der Waals surface area contributed by atoms with Crippen LogP contribution < -0.4 is 5.32 Å². The molecular formula is C13H13BrFN3O. The van der Waals surface area contributed by atoms with Crippen molar-refractivity contribution in [1.29, 1.82) is 0 Å². The molecule has 19 heavy (non-hydrogen) atoms. The first kappa shape index (κ1) is 12.7. The fraction of sp³-hybridized carbons (Fsp3) is 0.385. The summed E-state index contributed by atoms with van der Waals surface area (Å²) in [4.78, 5) is 4.40. The molecule has 1 aliphatic rings. The van der Waals surface area contributed by atoms with Crippen LogP contribution in [0.3, 0.4) is 0 Å². The standard InChI is InChI=1S/C13H13BrFN3O/c1-7-5-16-6-10(7)13-17-12(18-19-13)9-4-8(15)2-3-11(9)14/h2-4,7,10,16H,5-6H2,1H3/t7-,10-/m1/s1. The van der Waals surface area contributed by atoms with Crippen molar-refractivity contribution in [2.75, 3.05) is 13.1 Å². The van der Waals surface area contributed by atoms with Gasteiger partial charge in [0.1, 0.15) is 5.82 Å². The van der Waals surface area contributed by atoms with Crippen LogP contribution in [-0.4, -0.2) is 23.2 Å². The van der Waals surface area contributed by atoms with Crippen LogP contribution in [0.4, 0.5) is 4.39 Å². The largest absolute Gasteiger partial charge is 0.339 e. The number of nitrogens with one attached hydrogen (secondary N) is 1. The molecule has 0 amide bonds. The van der Waals surface area contributed by atoms with Gasteiger partial charge >= 0.3 is 0 Å². The Balaban J connectivity index is 1.94. The molecule has 4 nitrogen and oxygen atoms in total. The maximum atomic E-state index is 13.3. The van der Waals surface area contributed by atoms with Crippen molar-refractivity contribution in [2.45, 2.75) is 12.8 Å². The van der Waals surface area contributed by atoms with Crippen LogP contribution in [0, 0.1) is 11.7 Å². The first-order valence-electron chi connectivity index (χ1n) is 6.15. The highest BCUT2D eigenvalue weighted by Gasteiger charge is 2.29. The quantitative estimate of drug-likeness (QED) is 0.922. The third-order valence-corrected chi connectivity index (χ3v) is 4.14. The summed E-state index contributed by atoms with van der Waals surface area (Å²) in [6, 6.07) is 4.42. The van der Waals surface area contributed by atoms with Crippen LogP contribution in [0.5, 0.6) is 0 Å². The zero-order chi connectivity index (χ0) is 13.4. The zero-order valence-corrected chi connectivity index (χ0v) is 11.9. The van der Waals surface area contributed by atoms with Crippen LogP contribution in [0.1, 0.15) is 18.7 Å². The van der Waals surface area contributed by atoms with Gasteiger partial charge in [0.25, 0.3) is 0 Å². The summed E-state index contributed by atoms with van der Waals surface area (Å²) >= 11 is 3.37. The van der Waals surface area contributed by atoms with Crippen LogP contribution in [-0.2, 0) is 0 Å². The lowest BCUT2D eigenvalue weighted by Crippen LogP contribution is -2.08. The van der Waals surface area contributed by atoms with Gasteiger partial charge in [-0.1, -0.05) is 28.0 Å². The SMILES string of the molecule is C[C@@H]1CNC[C@H]1c1nc(-c2cc(F)ccc2Br)no1. The molecule has 1 N–H and O–H groups in total. The summed E-state index contributed by atoms with van der Waals surface area (Å²) in [6.45, 7) is 3.94. The lowest BCUT2D eigenvalue weighted by molar-refractivity contribution is 0.340. The Morgan fingerprint density at radius 2 is 2.26 bits per heavy atom. The Hall–Kier alpha value is -1.27. The van der Waals surface area contributed by atoms with E-state index in [1.807, 2.05) is 0 Å². The minimum atomic E-state index is -0.319. The van der Waals surface area contributed by atoms with Crippen molar-refractivity contribution < 1.29 is 8.91 Å². The first-order valence-corrected chi connectivity index (χ1v) is 6.94. The average molecular weight is 326 g/mol. The van der Waals surface area contributed by atoms with Crippen molar-refractivity contribution in [2.24, 2.45) is 5.92 Å². The van der Waals surface area contributed by atoms with E-state index < -0.39 is 0 Å². The Labute approximate surface area is 118 Å². The van der Waals surface area contributed by atoms with Gasteiger partial charge in [-0.25, -0.2) is 4.39 Å². The smallest absolute Gasteiger partial charge is 0.231 e. The average Bonchev–Trinajstić information content (AvgIpc) is 3.00. The molecule has 1 aromatic heterocycles. The van der Waals surface area contributed by atoms with E-state index in [1.165, 1.54) is 12.1 Å². The number of hydrogen-bond donors (Lipinski definition) is 1. The number of aromatic nitrogens is 2. The summed E-state index contributed by atoms with van der Waals surface area (Å²) in [5.41, 5.74) is 0.605. The minimum Gasteiger partial charge on any atom is -0.339 e. The predicted octanol–water partition coefficient (Wildman–Crippen LogP) is 2.96. The van der Waals surface area contributed by atoms with E-state index in [-0.39, 0.29) is 11.7 Å². The van der Waals surface area contributed by atoms with Gasteiger partial charge in [0.05, 0.1) is 5.92 Å². The summed E-state index contributed by atoms with van der Waals surface area (Å²) in [5.74, 6) is 1.41. The summed E-state index contributed by atoms with van der Waals surface area (Å²) in [6.07, 6.45) is 0. The third-order valence-electron chi connectivity index (χ3n) is 3.45. The van der Waals surface area contributed by atoms with Gasteiger partial charge in [0.15, 0.2) is 0 Å². The number of hydrogen-bond acceptors (Lipinski definition) is 4. The topological polar surface area (TPSA) is 51.0 Å². The molecule has 0 radical (unpaired) electrons. The molecule has 2 heterocycles. The summed E-state index contributed by atoms with van der Waals surface area (Å²) in [5, 5.41) is 7.25. The zero-order valence-electron chi connectivity index (χ0n) is 10.4. The normalized spacial score (nSPS) is 22.9. The molecule has 0 unspecified atom stereocenters. The Morgan fingerprint density at radius 1 is 1.42 bits per heavy atom. The van der Waals surface area contributed by atoms with Gasteiger partial charge < -0.3 is 9.84 Å². The van der Waals surface area contributed by atoms with Crippen LogP contribution in [0.2, 0.25) is 0 Å². The first-order chi connectivity index (χ1) is 9.15. The van der Waals surface area contributed by atoms with Gasteiger partial charge in [0, 0.05) is 16.6 Å². The maximum absolute atomic E-state index is 13.3. The second-order valence-electron chi connectivity index (χ2n) is 4.82. The molecular weight excluding hydrogens is 313 g/mol. The Kier molecular flexibility index (Phi) is 3.36. The van der Waals surface area contributed by atoms with Gasteiger partial charge in [-0.15, -0.1) is 0 Å². The summed E-state index contributed by atoms with van der Waals surface area (Å²) in [7, 11) is 0. The van der Waals surface area contributed by atoms with Crippen LogP contribution in [0.15, 0.2) is 27.2 Å². The minimum absolute atomic E-state index is 0.230. The molecule has 3 rings (SSSR count). The second-order valence-corrected chi connectivity index (χ2v) is 5.68. The van der Waals surface area contributed by atoms with E-state index in [4.69, 9.17) is 4.52 Å². The van der Waals surface area contributed by atoms with Crippen molar-refractivity contribution in [3.63, 3.8) is 0 Å². The maximum Gasteiger partial charge on any atom is 0.231 e. The predicted molar refractivity (Wildman–Crippen MR) is 72.2 cm³/mol. The fourth-order valence-corrected chi connectivity index (χ4v) is 2.73. The van der Waals surface area contributed by atoms with Crippen molar-refractivity contribution in [1.82, 2.24) is 15.5 Å². The highest BCUT2D eigenvalue weighted by molar-refractivity contribution is 9.10. The molecule has 2 aromatic rings. The number of rotatable bonds is 2. The van der Waals surface area contributed by atoms with Gasteiger partial charge in [-0.3, -0.25) is 0 Å². The molecule has 2 atom stereocenters. The van der Waals surface area contributed by atoms with Crippen molar-refractivity contribution in [3.05, 3.63) is 34.4 Å². The van der Waals surface area contributed by atoms with E-state index in [9.17, 15) is 4.39 Å². The van der Waals surface area contributed by atoms with E-state index in [2.05, 4.69) is 38.3 Å². The highest BCUT2D eigenvalue weighted by Crippen LogP contribution is 2.31. The van der Waals surface area contributed by atoms with Crippen LogP contribution >= 0.6 is 15.9 Å².